The topological polar surface area (TPSA) is 89.9 Å². The minimum Gasteiger partial charge on any atom is -0.357 e. The molecule has 1 aromatic rings. The lowest BCUT2D eigenvalue weighted by molar-refractivity contribution is -0.135. The number of carbonyl (C=O) groups excluding carboxylic acids is 2. The van der Waals surface area contributed by atoms with Crippen LogP contribution in [0.25, 0.3) is 0 Å². The van der Waals surface area contributed by atoms with E-state index in [1.165, 1.54) is 19.3 Å². The molecule has 184 valence electrons. The summed E-state index contributed by atoms with van der Waals surface area (Å²) in [5.41, 5.74) is 0.971. The first kappa shape index (κ1) is 27.3. The largest absolute Gasteiger partial charge is 0.357 e. The van der Waals surface area contributed by atoms with Gasteiger partial charge in [-0.2, -0.15) is 0 Å². The molecule has 1 saturated carbocycles. The minimum absolute atomic E-state index is 0. The van der Waals surface area contributed by atoms with Gasteiger partial charge in [-0.25, -0.2) is 4.99 Å². The number of halogens is 1. The summed E-state index contributed by atoms with van der Waals surface area (Å²) < 4.78 is 0. The highest BCUT2D eigenvalue weighted by Crippen LogP contribution is 2.26. The van der Waals surface area contributed by atoms with E-state index in [-0.39, 0.29) is 48.4 Å². The Morgan fingerprint density at radius 3 is 2.70 bits per heavy atom. The fraction of sp³-hybridized carbons (Fsp3) is 0.667. The lowest BCUT2D eigenvalue weighted by Gasteiger charge is -2.26. The number of hydrogen-bond donors (Lipinski definition) is 2. The van der Waals surface area contributed by atoms with E-state index in [1.807, 2.05) is 30.0 Å². The van der Waals surface area contributed by atoms with Gasteiger partial charge in [0.1, 0.15) is 6.54 Å². The van der Waals surface area contributed by atoms with Crippen molar-refractivity contribution in [2.75, 3.05) is 39.8 Å². The maximum Gasteiger partial charge on any atom is 0.244 e. The van der Waals surface area contributed by atoms with Crippen molar-refractivity contribution in [2.45, 2.75) is 57.9 Å². The van der Waals surface area contributed by atoms with Gasteiger partial charge in [0.2, 0.25) is 11.8 Å². The number of hydrogen-bond acceptors (Lipinski definition) is 4. The fourth-order valence-corrected chi connectivity index (χ4v) is 4.42. The molecule has 1 aromatic heterocycles. The Kier molecular flexibility index (Phi) is 11.9. The third kappa shape index (κ3) is 8.75. The molecule has 1 aliphatic heterocycles. The molecule has 3 rings (SSSR count). The number of likely N-dealkylation sites (tertiary alicyclic amines) is 1. The van der Waals surface area contributed by atoms with Gasteiger partial charge >= 0.3 is 0 Å². The van der Waals surface area contributed by atoms with Crippen LogP contribution in [0.4, 0.5) is 0 Å². The lowest BCUT2D eigenvalue weighted by atomic mass is 9.88. The number of rotatable bonds is 8. The molecule has 2 aliphatic rings. The van der Waals surface area contributed by atoms with Crippen LogP contribution in [0.1, 0.15) is 51.1 Å². The van der Waals surface area contributed by atoms with E-state index in [4.69, 9.17) is 0 Å². The van der Waals surface area contributed by atoms with Crippen LogP contribution in [0, 0.1) is 5.92 Å². The van der Waals surface area contributed by atoms with Crippen molar-refractivity contribution in [3.8, 4) is 0 Å². The van der Waals surface area contributed by atoms with Gasteiger partial charge in [0, 0.05) is 63.5 Å². The number of aromatic nitrogens is 1. The van der Waals surface area contributed by atoms with Crippen LogP contribution in [0.5, 0.6) is 0 Å². The molecule has 2 heterocycles. The average molecular weight is 571 g/mol. The Balaban J connectivity index is 0.00000385. The summed E-state index contributed by atoms with van der Waals surface area (Å²) in [7, 11) is 1.80. The fourth-order valence-electron chi connectivity index (χ4n) is 4.42. The van der Waals surface area contributed by atoms with E-state index in [2.05, 4.69) is 20.6 Å². The Bertz CT molecular complexity index is 769. The number of nitrogens with one attached hydrogen (secondary N) is 2. The molecule has 0 aromatic carbocycles. The van der Waals surface area contributed by atoms with Gasteiger partial charge in [-0.3, -0.25) is 14.6 Å². The number of guanidine groups is 1. The van der Waals surface area contributed by atoms with Crippen molar-refractivity contribution in [1.82, 2.24) is 25.4 Å². The van der Waals surface area contributed by atoms with Crippen LogP contribution < -0.4 is 10.6 Å². The van der Waals surface area contributed by atoms with E-state index in [1.54, 1.807) is 18.1 Å². The standard InChI is InChI=1S/C24H38N6O2.HI/c1-3-25-24(27-17-22(31)29(2)15-12-20-11-7-8-14-26-20)28-21-13-16-30(18-21)23(32)19-9-5-4-6-10-19;/h7-8,11,14,19,21H,3-6,9-10,12-13,15-18H2,1-2H3,(H2,25,27,28);1H. The number of nitrogens with zero attached hydrogens (tertiary/aromatic N) is 4. The van der Waals surface area contributed by atoms with Crippen LogP contribution in [0.2, 0.25) is 0 Å². The lowest BCUT2D eigenvalue weighted by Crippen LogP contribution is -2.46. The van der Waals surface area contributed by atoms with Crippen LogP contribution in [-0.4, -0.2) is 78.4 Å². The molecule has 1 aliphatic carbocycles. The zero-order valence-electron chi connectivity index (χ0n) is 20.0. The van der Waals surface area contributed by atoms with Crippen molar-refractivity contribution in [3.05, 3.63) is 30.1 Å². The highest BCUT2D eigenvalue weighted by Gasteiger charge is 2.31. The first-order valence-electron chi connectivity index (χ1n) is 12.0. The SMILES string of the molecule is CCNC(=NCC(=O)N(C)CCc1ccccn1)NC1CCN(C(=O)C2CCCCC2)C1.I. The molecule has 2 amide bonds. The maximum atomic E-state index is 12.8. The smallest absolute Gasteiger partial charge is 0.244 e. The average Bonchev–Trinajstić information content (AvgIpc) is 3.30. The van der Waals surface area contributed by atoms with Crippen molar-refractivity contribution in [1.29, 1.82) is 0 Å². The highest BCUT2D eigenvalue weighted by molar-refractivity contribution is 14.0. The van der Waals surface area contributed by atoms with Crippen LogP contribution >= 0.6 is 24.0 Å². The monoisotopic (exact) mass is 570 g/mol. The zero-order valence-corrected chi connectivity index (χ0v) is 22.3. The molecule has 1 atom stereocenters. The first-order valence-corrected chi connectivity index (χ1v) is 12.0. The minimum atomic E-state index is -0.0290. The number of likely N-dealkylation sites (N-methyl/N-ethyl adjacent to an activating group) is 1. The van der Waals surface area contributed by atoms with Crippen molar-refractivity contribution in [3.63, 3.8) is 0 Å². The molecule has 2 N–H and O–H groups in total. The molecule has 8 nitrogen and oxygen atoms in total. The number of aliphatic imine (C=N–C) groups is 1. The van der Waals surface area contributed by atoms with E-state index < -0.39 is 0 Å². The molecular formula is C24H39IN6O2. The van der Waals surface area contributed by atoms with Crippen molar-refractivity contribution in [2.24, 2.45) is 10.9 Å². The summed E-state index contributed by atoms with van der Waals surface area (Å²) in [6.07, 6.45) is 9.07. The number of amides is 2. The Hall–Kier alpha value is -1.91. The molecule has 33 heavy (non-hydrogen) atoms. The Labute approximate surface area is 215 Å². The van der Waals surface area contributed by atoms with E-state index in [0.29, 0.717) is 31.5 Å². The van der Waals surface area contributed by atoms with Crippen LogP contribution in [0.3, 0.4) is 0 Å². The first-order chi connectivity index (χ1) is 15.6. The van der Waals surface area contributed by atoms with Gasteiger partial charge in [0.05, 0.1) is 0 Å². The number of carbonyl (C=O) groups is 2. The van der Waals surface area contributed by atoms with Gasteiger partial charge in [0.15, 0.2) is 5.96 Å². The van der Waals surface area contributed by atoms with Gasteiger partial charge in [-0.15, -0.1) is 24.0 Å². The summed E-state index contributed by atoms with van der Waals surface area (Å²) in [6.45, 7) is 4.92. The van der Waals surface area contributed by atoms with E-state index >= 15 is 0 Å². The quantitative estimate of drug-likeness (QED) is 0.285. The predicted molar refractivity (Wildman–Crippen MR) is 142 cm³/mol. The van der Waals surface area contributed by atoms with Gasteiger partial charge in [0.25, 0.3) is 0 Å². The van der Waals surface area contributed by atoms with Crippen molar-refractivity contribution < 1.29 is 9.59 Å². The van der Waals surface area contributed by atoms with Gasteiger partial charge < -0.3 is 20.4 Å². The Morgan fingerprint density at radius 2 is 2.00 bits per heavy atom. The second-order valence-corrected chi connectivity index (χ2v) is 8.83. The molecule has 2 fully saturated rings. The molecular weight excluding hydrogens is 531 g/mol. The summed E-state index contributed by atoms with van der Waals surface area (Å²) in [5.74, 6) is 1.14. The maximum absolute atomic E-state index is 12.8. The Morgan fingerprint density at radius 1 is 1.21 bits per heavy atom. The molecule has 9 heteroatoms. The third-order valence-electron chi connectivity index (χ3n) is 6.37. The van der Waals surface area contributed by atoms with E-state index in [9.17, 15) is 9.59 Å². The number of pyridine rings is 1. The van der Waals surface area contributed by atoms with E-state index in [0.717, 1.165) is 37.9 Å². The third-order valence-corrected chi connectivity index (χ3v) is 6.37. The summed E-state index contributed by atoms with van der Waals surface area (Å²) in [5, 5.41) is 6.64. The highest BCUT2D eigenvalue weighted by atomic mass is 127. The zero-order chi connectivity index (χ0) is 22.8. The van der Waals surface area contributed by atoms with Crippen molar-refractivity contribution >= 4 is 41.8 Å². The molecule has 0 spiro atoms. The second-order valence-electron chi connectivity index (χ2n) is 8.83. The van der Waals surface area contributed by atoms with Gasteiger partial charge in [-0.1, -0.05) is 25.3 Å². The normalized spacial score (nSPS) is 19.0. The molecule has 1 saturated heterocycles. The summed E-state index contributed by atoms with van der Waals surface area (Å²) >= 11 is 0. The summed E-state index contributed by atoms with van der Waals surface area (Å²) in [6, 6.07) is 5.97. The summed E-state index contributed by atoms with van der Waals surface area (Å²) in [4.78, 5) is 37.8. The predicted octanol–water partition coefficient (Wildman–Crippen LogP) is 2.44. The van der Waals surface area contributed by atoms with Crippen LogP contribution in [-0.2, 0) is 16.0 Å². The molecule has 1 unspecified atom stereocenters. The molecule has 0 radical (unpaired) electrons. The molecule has 0 bridgehead atoms. The van der Waals surface area contributed by atoms with Crippen LogP contribution in [0.15, 0.2) is 29.4 Å². The van der Waals surface area contributed by atoms with Gasteiger partial charge in [-0.05, 0) is 38.3 Å². The second kappa shape index (κ2) is 14.4.